The van der Waals surface area contributed by atoms with Gasteiger partial charge in [0, 0.05) is 25.7 Å². The number of nitrogens with one attached hydrogen (secondary N) is 2. The summed E-state index contributed by atoms with van der Waals surface area (Å²) >= 11 is 2.42. The largest absolute Gasteiger partial charge is 0.355 e. The maximum Gasteiger partial charge on any atom is 0.0658 e. The van der Waals surface area contributed by atoms with Gasteiger partial charge in [-0.3, -0.25) is 0 Å². The zero-order valence-electron chi connectivity index (χ0n) is 16.4. The minimum atomic E-state index is 0.923. The fourth-order valence-corrected chi connectivity index (χ4v) is 4.83. The van der Waals surface area contributed by atoms with E-state index in [1.165, 1.54) is 14.7 Å². The average Bonchev–Trinajstić information content (AvgIpc) is 3.55. The van der Waals surface area contributed by atoms with Gasteiger partial charge in [0.05, 0.1) is 28.3 Å². The molecule has 148 valence electrons. The number of H-pyrrole nitrogens is 2. The topological polar surface area (TPSA) is 57.4 Å². The SMILES string of the molecule is Ic1c(-c2ccccc2)c2cc3nc(cc4ccc(cc5nc(cc1[nH]2)C=C5)[nH]4)C=C3. The molecule has 2 N–H and O–H groups in total. The van der Waals surface area contributed by atoms with E-state index in [1.807, 2.05) is 24.3 Å². The van der Waals surface area contributed by atoms with Crippen molar-refractivity contribution in [1.82, 2.24) is 19.9 Å². The number of rotatable bonds is 1. The van der Waals surface area contributed by atoms with E-state index in [4.69, 9.17) is 9.97 Å². The van der Waals surface area contributed by atoms with E-state index in [-0.39, 0.29) is 0 Å². The van der Waals surface area contributed by atoms with Crippen molar-refractivity contribution in [3.8, 4) is 11.1 Å². The molecule has 0 amide bonds. The van der Waals surface area contributed by atoms with Crippen molar-refractivity contribution in [2.75, 3.05) is 0 Å². The normalized spacial score (nSPS) is 12.4. The second-order valence-electron chi connectivity index (χ2n) is 7.54. The number of halogens is 1. The molecule has 6 rings (SSSR count). The standard InChI is InChI=1S/C26H17IN4/c27-26-24-15-22-11-9-20(30-22)13-18-7-6-17(28-18)12-19-8-10-21(29-19)14-23(31-24)25(26)16-4-2-1-3-5-16/h1-15,28,31H. The highest BCUT2D eigenvalue weighted by atomic mass is 127. The number of hydrogen-bond acceptors (Lipinski definition) is 2. The summed E-state index contributed by atoms with van der Waals surface area (Å²) in [5.74, 6) is 0. The third kappa shape index (κ3) is 3.51. The van der Waals surface area contributed by atoms with Crippen molar-refractivity contribution in [3.05, 3.63) is 93.1 Å². The molecule has 5 heteroatoms. The molecule has 0 unspecified atom stereocenters. The minimum absolute atomic E-state index is 0.923. The Morgan fingerprint density at radius 3 is 1.74 bits per heavy atom. The summed E-state index contributed by atoms with van der Waals surface area (Å²) in [5.41, 5.74) is 10.2. The van der Waals surface area contributed by atoms with Gasteiger partial charge >= 0.3 is 0 Å². The van der Waals surface area contributed by atoms with Crippen molar-refractivity contribution >= 4 is 69.0 Å². The van der Waals surface area contributed by atoms with Gasteiger partial charge in [-0.05, 0) is 88.9 Å². The zero-order valence-corrected chi connectivity index (χ0v) is 18.6. The van der Waals surface area contributed by atoms with Gasteiger partial charge in [0.1, 0.15) is 0 Å². The lowest BCUT2D eigenvalue weighted by Gasteiger charge is -2.00. The van der Waals surface area contributed by atoms with Crippen LogP contribution in [-0.2, 0) is 0 Å². The molecule has 1 aromatic carbocycles. The maximum absolute atomic E-state index is 4.80. The predicted molar refractivity (Wildman–Crippen MR) is 137 cm³/mol. The monoisotopic (exact) mass is 512 g/mol. The number of benzene rings is 1. The second kappa shape index (κ2) is 7.35. The lowest BCUT2D eigenvalue weighted by Crippen LogP contribution is -1.79. The first-order chi connectivity index (χ1) is 15.2. The van der Waals surface area contributed by atoms with Crippen LogP contribution in [0.1, 0.15) is 22.8 Å². The highest BCUT2D eigenvalue weighted by molar-refractivity contribution is 14.1. The van der Waals surface area contributed by atoms with Crippen molar-refractivity contribution < 1.29 is 0 Å². The van der Waals surface area contributed by atoms with Gasteiger partial charge in [-0.1, -0.05) is 30.3 Å². The molecule has 3 aromatic heterocycles. The molecule has 8 bridgehead atoms. The fourth-order valence-electron chi connectivity index (χ4n) is 3.93. The van der Waals surface area contributed by atoms with E-state index >= 15 is 0 Å². The molecule has 4 aromatic rings. The van der Waals surface area contributed by atoms with Gasteiger partial charge in [0.2, 0.25) is 0 Å². The van der Waals surface area contributed by atoms with Crippen molar-refractivity contribution in [2.24, 2.45) is 0 Å². The molecular formula is C26H17IN4. The number of aromatic amines is 2. The Kier molecular flexibility index (Phi) is 4.35. The summed E-state index contributed by atoms with van der Waals surface area (Å²) in [4.78, 5) is 16.6. The Balaban J connectivity index is 1.72. The summed E-state index contributed by atoms with van der Waals surface area (Å²) in [6, 6.07) is 22.9. The minimum Gasteiger partial charge on any atom is -0.355 e. The summed E-state index contributed by atoms with van der Waals surface area (Å²) in [6.45, 7) is 0. The van der Waals surface area contributed by atoms with Crippen molar-refractivity contribution in [1.29, 1.82) is 0 Å². The lowest BCUT2D eigenvalue weighted by molar-refractivity contribution is 1.31. The summed E-state index contributed by atoms with van der Waals surface area (Å²) in [5, 5.41) is 0. The molecule has 5 heterocycles. The summed E-state index contributed by atoms with van der Waals surface area (Å²) in [6.07, 6.45) is 8.19. The summed E-state index contributed by atoms with van der Waals surface area (Å²) < 4.78 is 1.17. The Hall–Kier alpha value is -3.45. The van der Waals surface area contributed by atoms with Crippen LogP contribution in [0.4, 0.5) is 0 Å². The molecule has 0 saturated heterocycles. The van der Waals surface area contributed by atoms with E-state index in [1.54, 1.807) is 0 Å². The maximum atomic E-state index is 4.80. The molecule has 0 spiro atoms. The number of fused-ring (bicyclic) bond motifs is 8. The fraction of sp³-hybridized carbons (Fsp3) is 0. The molecule has 0 radical (unpaired) electrons. The molecule has 0 saturated carbocycles. The Labute approximate surface area is 192 Å². The second-order valence-corrected chi connectivity index (χ2v) is 8.62. The van der Waals surface area contributed by atoms with Crippen LogP contribution in [0, 0.1) is 3.57 Å². The smallest absolute Gasteiger partial charge is 0.0658 e. The van der Waals surface area contributed by atoms with Gasteiger partial charge in [-0.2, -0.15) is 0 Å². The molecule has 0 aliphatic carbocycles. The van der Waals surface area contributed by atoms with E-state index in [9.17, 15) is 0 Å². The Morgan fingerprint density at radius 1 is 0.581 bits per heavy atom. The summed E-state index contributed by atoms with van der Waals surface area (Å²) in [7, 11) is 0. The molecule has 31 heavy (non-hydrogen) atoms. The third-order valence-electron chi connectivity index (χ3n) is 5.35. The number of hydrogen-bond donors (Lipinski definition) is 2. The first-order valence-corrected chi connectivity index (χ1v) is 11.1. The van der Waals surface area contributed by atoms with Crippen LogP contribution in [0.25, 0.3) is 57.5 Å². The van der Waals surface area contributed by atoms with Crippen LogP contribution in [0.5, 0.6) is 0 Å². The first kappa shape index (κ1) is 18.3. The van der Waals surface area contributed by atoms with Crippen LogP contribution in [-0.4, -0.2) is 19.9 Å². The van der Waals surface area contributed by atoms with Gasteiger partial charge in [-0.15, -0.1) is 0 Å². The van der Waals surface area contributed by atoms with Crippen LogP contribution in [0.3, 0.4) is 0 Å². The lowest BCUT2D eigenvalue weighted by atomic mass is 10.1. The van der Waals surface area contributed by atoms with Crippen LogP contribution in [0.15, 0.2) is 66.7 Å². The van der Waals surface area contributed by atoms with Gasteiger partial charge in [-0.25, -0.2) is 9.97 Å². The van der Waals surface area contributed by atoms with E-state index in [0.29, 0.717) is 0 Å². The van der Waals surface area contributed by atoms with Gasteiger partial charge < -0.3 is 9.97 Å². The van der Waals surface area contributed by atoms with Crippen molar-refractivity contribution in [2.45, 2.75) is 0 Å². The molecule has 0 atom stereocenters. The van der Waals surface area contributed by atoms with Crippen LogP contribution in [0.2, 0.25) is 0 Å². The highest BCUT2D eigenvalue weighted by Gasteiger charge is 2.12. The quantitative estimate of drug-likeness (QED) is 0.235. The van der Waals surface area contributed by atoms with E-state index in [2.05, 4.69) is 99.3 Å². The average molecular weight is 512 g/mol. The predicted octanol–water partition coefficient (Wildman–Crippen LogP) is 6.93. The molecule has 0 fully saturated rings. The third-order valence-corrected chi connectivity index (χ3v) is 6.47. The van der Waals surface area contributed by atoms with Gasteiger partial charge in [0.15, 0.2) is 0 Å². The molecule has 2 aliphatic rings. The zero-order chi connectivity index (χ0) is 20.8. The number of nitrogens with zero attached hydrogens (tertiary/aromatic N) is 2. The molecule has 2 aliphatic heterocycles. The first-order valence-electron chi connectivity index (χ1n) is 10.0. The van der Waals surface area contributed by atoms with Gasteiger partial charge in [0.25, 0.3) is 0 Å². The Bertz CT molecular complexity index is 1540. The number of aromatic nitrogens is 4. The molecule has 4 nitrogen and oxygen atoms in total. The highest BCUT2D eigenvalue weighted by Crippen LogP contribution is 2.33. The van der Waals surface area contributed by atoms with E-state index in [0.717, 1.165) is 44.8 Å². The van der Waals surface area contributed by atoms with Crippen LogP contribution >= 0.6 is 22.6 Å². The van der Waals surface area contributed by atoms with E-state index < -0.39 is 0 Å². The van der Waals surface area contributed by atoms with Crippen LogP contribution < -0.4 is 0 Å². The Morgan fingerprint density at radius 2 is 1.13 bits per heavy atom. The van der Waals surface area contributed by atoms with Crippen molar-refractivity contribution in [3.63, 3.8) is 0 Å². The molecular weight excluding hydrogens is 495 g/mol.